The Balaban J connectivity index is 1.34. The summed E-state index contributed by atoms with van der Waals surface area (Å²) in [6.45, 7) is 6.16. The second-order valence-corrected chi connectivity index (χ2v) is 9.36. The lowest BCUT2D eigenvalue weighted by Crippen LogP contribution is -2.55. The summed E-state index contributed by atoms with van der Waals surface area (Å²) in [5.74, 6) is 0.848. The molecule has 1 amide bonds. The van der Waals surface area contributed by atoms with Gasteiger partial charge in [-0.2, -0.15) is 5.10 Å². The Bertz CT molecular complexity index is 730. The van der Waals surface area contributed by atoms with Gasteiger partial charge in [0.2, 0.25) is 0 Å². The first-order valence-corrected chi connectivity index (χ1v) is 10.7. The van der Waals surface area contributed by atoms with Crippen molar-refractivity contribution in [1.82, 2.24) is 20.0 Å². The number of rotatable bonds is 10. The van der Waals surface area contributed by atoms with E-state index in [0.717, 1.165) is 50.0 Å². The SMILES string of the molecule is CC(C)Cn1ncc(C(=O)NC2CC(N(CC(=O)O)CC3CC3)C2)c1C1CC1. The lowest BCUT2D eigenvalue weighted by molar-refractivity contribution is -0.139. The van der Waals surface area contributed by atoms with Crippen molar-refractivity contribution < 1.29 is 14.7 Å². The standard InChI is InChI=1S/C21H32N4O3/c1-13(2)10-25-20(15-5-6-15)18(9-22-25)21(28)23-16-7-17(8-16)24(12-19(26)27)11-14-3-4-14/h9,13-17H,3-8,10-12H2,1-2H3,(H,23,28)(H,26,27). The van der Waals surface area contributed by atoms with Crippen LogP contribution in [0.15, 0.2) is 6.20 Å². The minimum absolute atomic E-state index is 0.0210. The van der Waals surface area contributed by atoms with Gasteiger partial charge in [0.05, 0.1) is 24.0 Å². The summed E-state index contributed by atoms with van der Waals surface area (Å²) in [5, 5.41) is 16.8. The topological polar surface area (TPSA) is 87.5 Å². The number of carbonyl (C=O) groups excluding carboxylic acids is 1. The monoisotopic (exact) mass is 388 g/mol. The van der Waals surface area contributed by atoms with Crippen LogP contribution in [0.5, 0.6) is 0 Å². The molecule has 0 spiro atoms. The Morgan fingerprint density at radius 1 is 1.29 bits per heavy atom. The van der Waals surface area contributed by atoms with E-state index in [4.69, 9.17) is 0 Å². The van der Waals surface area contributed by atoms with Crippen molar-refractivity contribution in [2.75, 3.05) is 13.1 Å². The third kappa shape index (κ3) is 4.57. The van der Waals surface area contributed by atoms with Crippen LogP contribution in [0, 0.1) is 11.8 Å². The predicted molar refractivity (Wildman–Crippen MR) is 105 cm³/mol. The molecule has 3 saturated carbocycles. The Morgan fingerprint density at radius 3 is 2.57 bits per heavy atom. The number of carboxylic acids is 1. The largest absolute Gasteiger partial charge is 0.480 e. The molecule has 0 aromatic carbocycles. The van der Waals surface area contributed by atoms with Gasteiger partial charge in [0, 0.05) is 31.1 Å². The van der Waals surface area contributed by atoms with Gasteiger partial charge in [-0.25, -0.2) is 0 Å². The van der Waals surface area contributed by atoms with E-state index < -0.39 is 5.97 Å². The predicted octanol–water partition coefficient (Wildman–Crippen LogP) is 2.47. The van der Waals surface area contributed by atoms with Gasteiger partial charge in [-0.3, -0.25) is 19.2 Å². The molecule has 3 aliphatic rings. The summed E-state index contributed by atoms with van der Waals surface area (Å²) in [6, 6.07) is 0.405. The van der Waals surface area contributed by atoms with Crippen LogP contribution in [0.2, 0.25) is 0 Å². The maximum Gasteiger partial charge on any atom is 0.317 e. The summed E-state index contributed by atoms with van der Waals surface area (Å²) >= 11 is 0. The zero-order valence-corrected chi connectivity index (χ0v) is 16.9. The maximum absolute atomic E-state index is 12.9. The molecule has 0 aliphatic heterocycles. The molecule has 3 aliphatic carbocycles. The smallest absolute Gasteiger partial charge is 0.317 e. The van der Waals surface area contributed by atoms with E-state index in [9.17, 15) is 14.7 Å². The highest BCUT2D eigenvalue weighted by Gasteiger charge is 2.39. The molecule has 3 fully saturated rings. The lowest BCUT2D eigenvalue weighted by Gasteiger charge is -2.42. The third-order valence-corrected chi connectivity index (χ3v) is 6.12. The van der Waals surface area contributed by atoms with Crippen molar-refractivity contribution >= 4 is 11.9 Å². The molecule has 0 unspecified atom stereocenters. The summed E-state index contributed by atoms with van der Waals surface area (Å²) in [7, 11) is 0. The highest BCUT2D eigenvalue weighted by molar-refractivity contribution is 5.95. The first kappa shape index (κ1) is 19.4. The van der Waals surface area contributed by atoms with Crippen molar-refractivity contribution in [1.29, 1.82) is 0 Å². The second-order valence-electron chi connectivity index (χ2n) is 9.36. The molecule has 0 bridgehead atoms. The van der Waals surface area contributed by atoms with E-state index in [1.54, 1.807) is 6.20 Å². The fourth-order valence-electron chi connectivity index (χ4n) is 4.26. The van der Waals surface area contributed by atoms with Gasteiger partial charge in [-0.1, -0.05) is 13.8 Å². The van der Waals surface area contributed by atoms with Gasteiger partial charge < -0.3 is 10.4 Å². The summed E-state index contributed by atoms with van der Waals surface area (Å²) < 4.78 is 2.02. The molecule has 7 nitrogen and oxygen atoms in total. The van der Waals surface area contributed by atoms with E-state index in [2.05, 4.69) is 29.2 Å². The van der Waals surface area contributed by atoms with Crippen molar-refractivity contribution in [3.8, 4) is 0 Å². The van der Waals surface area contributed by atoms with Gasteiger partial charge in [0.1, 0.15) is 0 Å². The van der Waals surface area contributed by atoms with Crippen LogP contribution in [-0.2, 0) is 11.3 Å². The molecule has 0 saturated heterocycles. The highest BCUT2D eigenvalue weighted by Crippen LogP contribution is 2.42. The molecule has 2 N–H and O–H groups in total. The van der Waals surface area contributed by atoms with E-state index in [1.165, 1.54) is 12.8 Å². The van der Waals surface area contributed by atoms with Crippen LogP contribution in [0.3, 0.4) is 0 Å². The molecule has 7 heteroatoms. The quantitative estimate of drug-likeness (QED) is 0.643. The van der Waals surface area contributed by atoms with Crippen LogP contribution in [0.1, 0.15) is 74.3 Å². The number of aromatic nitrogens is 2. The van der Waals surface area contributed by atoms with Gasteiger partial charge in [0.15, 0.2) is 0 Å². The Hall–Kier alpha value is -1.89. The molecule has 0 radical (unpaired) electrons. The molecular weight excluding hydrogens is 356 g/mol. The zero-order chi connectivity index (χ0) is 19.8. The van der Waals surface area contributed by atoms with Gasteiger partial charge in [-0.15, -0.1) is 0 Å². The molecule has 1 heterocycles. The van der Waals surface area contributed by atoms with Crippen molar-refractivity contribution in [3.05, 3.63) is 17.5 Å². The van der Waals surface area contributed by atoms with Gasteiger partial charge in [0.25, 0.3) is 5.91 Å². The number of amides is 1. The average molecular weight is 389 g/mol. The molecule has 1 aromatic heterocycles. The van der Waals surface area contributed by atoms with Crippen molar-refractivity contribution in [2.24, 2.45) is 11.8 Å². The number of hydrogen-bond acceptors (Lipinski definition) is 4. The summed E-state index contributed by atoms with van der Waals surface area (Å²) in [6.07, 6.45) is 8.11. The van der Waals surface area contributed by atoms with Crippen LogP contribution in [0.4, 0.5) is 0 Å². The van der Waals surface area contributed by atoms with Crippen LogP contribution < -0.4 is 5.32 Å². The minimum atomic E-state index is -0.764. The number of carbonyl (C=O) groups is 2. The number of hydrogen-bond donors (Lipinski definition) is 2. The molecule has 154 valence electrons. The number of carboxylic acid groups (broad SMARTS) is 1. The Kier molecular flexibility index (Phi) is 5.45. The number of nitrogens with zero attached hydrogens (tertiary/aromatic N) is 3. The molecule has 28 heavy (non-hydrogen) atoms. The summed E-state index contributed by atoms with van der Waals surface area (Å²) in [5.41, 5.74) is 1.83. The lowest BCUT2D eigenvalue weighted by atomic mass is 9.85. The molecule has 1 aromatic rings. The van der Waals surface area contributed by atoms with Gasteiger partial charge in [-0.05, 0) is 50.4 Å². The first-order valence-electron chi connectivity index (χ1n) is 10.7. The van der Waals surface area contributed by atoms with E-state index in [-0.39, 0.29) is 24.5 Å². The molecule has 4 rings (SSSR count). The highest BCUT2D eigenvalue weighted by atomic mass is 16.4. The van der Waals surface area contributed by atoms with E-state index in [1.807, 2.05) is 4.68 Å². The molecule has 0 atom stereocenters. The van der Waals surface area contributed by atoms with Crippen molar-refractivity contribution in [3.63, 3.8) is 0 Å². The normalized spacial score (nSPS) is 24.4. The fraction of sp³-hybridized carbons (Fsp3) is 0.762. The Labute approximate surface area is 166 Å². The van der Waals surface area contributed by atoms with Gasteiger partial charge >= 0.3 is 5.97 Å². The molecular formula is C21H32N4O3. The number of aliphatic carboxylic acids is 1. The van der Waals surface area contributed by atoms with Crippen LogP contribution >= 0.6 is 0 Å². The van der Waals surface area contributed by atoms with Crippen LogP contribution in [-0.4, -0.2) is 56.8 Å². The maximum atomic E-state index is 12.9. The van der Waals surface area contributed by atoms with E-state index in [0.29, 0.717) is 17.8 Å². The van der Waals surface area contributed by atoms with Crippen molar-refractivity contribution in [2.45, 2.75) is 76.9 Å². The Morgan fingerprint density at radius 2 is 2.00 bits per heavy atom. The zero-order valence-electron chi connectivity index (χ0n) is 16.9. The fourth-order valence-corrected chi connectivity index (χ4v) is 4.26. The van der Waals surface area contributed by atoms with E-state index >= 15 is 0 Å². The number of nitrogens with one attached hydrogen (secondary N) is 1. The first-order chi connectivity index (χ1) is 13.4. The summed E-state index contributed by atoms with van der Waals surface area (Å²) in [4.78, 5) is 26.1. The second kappa shape index (κ2) is 7.85. The third-order valence-electron chi connectivity index (χ3n) is 6.12. The van der Waals surface area contributed by atoms with Crippen LogP contribution in [0.25, 0.3) is 0 Å². The average Bonchev–Trinajstić information content (AvgIpc) is 3.49. The minimum Gasteiger partial charge on any atom is -0.480 e.